The van der Waals surface area contributed by atoms with Crippen LogP contribution in [-0.2, 0) is 19.5 Å². The topological polar surface area (TPSA) is 0 Å². The Balaban J connectivity index is 0.000000605. The minimum atomic E-state index is 0. The van der Waals surface area contributed by atoms with Crippen molar-refractivity contribution in [3.8, 4) is 0 Å². The van der Waals surface area contributed by atoms with Gasteiger partial charge < -0.3 is 7.43 Å². The number of rotatable bonds is 0. The van der Waals surface area contributed by atoms with Crippen LogP contribution in [0.15, 0.2) is 42.5 Å². The van der Waals surface area contributed by atoms with Crippen molar-refractivity contribution in [2.45, 2.75) is 0 Å². The summed E-state index contributed by atoms with van der Waals surface area (Å²) >= 11 is 0. The van der Waals surface area contributed by atoms with E-state index in [0.717, 1.165) is 0 Å². The van der Waals surface area contributed by atoms with Gasteiger partial charge in [0.05, 0.1) is 0 Å². The Bertz CT molecular complexity index is 276. The largest absolute Gasteiger partial charge is 2.00 e. The molecule has 0 spiro atoms. The Labute approximate surface area is 86.4 Å². The van der Waals surface area contributed by atoms with Gasteiger partial charge in [-0.1, -0.05) is 12.1 Å². The molecule has 0 atom stereocenters. The molecule has 0 aliphatic carbocycles. The summed E-state index contributed by atoms with van der Waals surface area (Å²) in [6.45, 7) is 0. The molecule has 0 heterocycles. The van der Waals surface area contributed by atoms with Crippen LogP contribution in [0.3, 0.4) is 0 Å². The van der Waals surface area contributed by atoms with Gasteiger partial charge in [-0.2, -0.15) is 0 Å². The van der Waals surface area contributed by atoms with Crippen LogP contribution in [0.2, 0.25) is 0 Å². The van der Waals surface area contributed by atoms with Gasteiger partial charge in [-0.05, 0) is 0 Å². The fourth-order valence-electron chi connectivity index (χ4n) is 1.06. The molecule has 0 N–H and O–H groups in total. The zero-order chi connectivity index (χ0) is 6.81. The van der Waals surface area contributed by atoms with Gasteiger partial charge in [0, 0.05) is 0 Å². The Morgan fingerprint density at radius 1 is 0.917 bits per heavy atom. The van der Waals surface area contributed by atoms with E-state index in [9.17, 15) is 0 Å². The Kier molecular flexibility index (Phi) is 4.77. The van der Waals surface area contributed by atoms with Gasteiger partial charge in [-0.15, -0.1) is 47.2 Å². The molecule has 0 radical (unpaired) electrons. The van der Waals surface area contributed by atoms with Gasteiger partial charge in [0.15, 0.2) is 0 Å². The molecule has 0 unspecified atom stereocenters. The first kappa shape index (κ1) is 11.3. The predicted octanol–water partition coefficient (Wildman–Crippen LogP) is 3.09. The summed E-state index contributed by atoms with van der Waals surface area (Å²) in [5, 5.41) is 2.44. The first-order chi connectivity index (χ1) is 4.97. The fourth-order valence-corrected chi connectivity index (χ4v) is 1.06. The average molecular weight is 208 g/mol. The van der Waals surface area contributed by atoms with E-state index >= 15 is 0 Å². The van der Waals surface area contributed by atoms with Gasteiger partial charge in [0.2, 0.25) is 0 Å². The van der Waals surface area contributed by atoms with Crippen molar-refractivity contribution >= 4 is 10.8 Å². The number of fused-ring (bicyclic) bond motifs is 1. The molecule has 2 aromatic carbocycles. The Morgan fingerprint density at radius 3 is 2.33 bits per heavy atom. The number of benzene rings is 2. The van der Waals surface area contributed by atoms with Crippen LogP contribution in [0.5, 0.6) is 0 Å². The number of hydrogen-bond donors (Lipinski definition) is 0. The van der Waals surface area contributed by atoms with Crippen LogP contribution in [0, 0.1) is 13.5 Å². The average Bonchev–Trinajstić information content (AvgIpc) is 2.05. The minimum absolute atomic E-state index is 0. The molecular weight excluding hydrogens is 198 g/mol. The zero-order valence-electron chi connectivity index (χ0n) is 7.25. The van der Waals surface area contributed by atoms with Crippen LogP contribution in [0.4, 0.5) is 0 Å². The second-order valence-electron chi connectivity index (χ2n) is 2.26. The smallest absolute Gasteiger partial charge is 0.358 e. The SMILES string of the molecule is [CH3-].[Zn+2].[c-]1cccc2ccccc12. The van der Waals surface area contributed by atoms with Crippen LogP contribution in [0.1, 0.15) is 0 Å². The molecule has 0 aliphatic heterocycles. The maximum Gasteiger partial charge on any atom is 2.00 e. The predicted molar refractivity (Wildman–Crippen MR) is 49.2 cm³/mol. The Morgan fingerprint density at radius 2 is 1.58 bits per heavy atom. The molecule has 56 valence electrons. The summed E-state index contributed by atoms with van der Waals surface area (Å²) in [5.74, 6) is 0. The van der Waals surface area contributed by atoms with Crippen LogP contribution in [-0.4, -0.2) is 0 Å². The van der Waals surface area contributed by atoms with Crippen LogP contribution in [0.25, 0.3) is 10.8 Å². The normalized spacial score (nSPS) is 8.33. The Hall–Kier alpha value is -0.677. The van der Waals surface area contributed by atoms with Crippen molar-refractivity contribution in [3.63, 3.8) is 0 Å². The first-order valence-electron chi connectivity index (χ1n) is 3.32. The summed E-state index contributed by atoms with van der Waals surface area (Å²) in [5.41, 5.74) is 0. The second-order valence-corrected chi connectivity index (χ2v) is 2.26. The van der Waals surface area contributed by atoms with E-state index in [4.69, 9.17) is 0 Å². The van der Waals surface area contributed by atoms with E-state index in [1.54, 1.807) is 0 Å². The maximum atomic E-state index is 3.15. The van der Waals surface area contributed by atoms with Gasteiger partial charge in [0.25, 0.3) is 0 Å². The van der Waals surface area contributed by atoms with Crippen molar-refractivity contribution in [2.24, 2.45) is 0 Å². The van der Waals surface area contributed by atoms with Crippen molar-refractivity contribution in [1.82, 2.24) is 0 Å². The monoisotopic (exact) mass is 206 g/mol. The van der Waals surface area contributed by atoms with Crippen molar-refractivity contribution < 1.29 is 19.5 Å². The van der Waals surface area contributed by atoms with E-state index in [-0.39, 0.29) is 26.9 Å². The first-order valence-corrected chi connectivity index (χ1v) is 3.32. The second kappa shape index (κ2) is 5.06. The zero-order valence-corrected chi connectivity index (χ0v) is 10.2. The molecule has 0 nitrogen and oxygen atoms in total. The van der Waals surface area contributed by atoms with E-state index in [0.29, 0.717) is 0 Å². The summed E-state index contributed by atoms with van der Waals surface area (Å²) in [4.78, 5) is 0. The van der Waals surface area contributed by atoms with Gasteiger partial charge in [-0.3, -0.25) is 0 Å². The van der Waals surface area contributed by atoms with Crippen molar-refractivity contribution in [2.75, 3.05) is 0 Å². The summed E-state index contributed by atoms with van der Waals surface area (Å²) in [6, 6.07) is 17.4. The van der Waals surface area contributed by atoms with E-state index in [1.165, 1.54) is 10.8 Å². The fraction of sp³-hybridized carbons (Fsp3) is 0. The summed E-state index contributed by atoms with van der Waals surface area (Å²) < 4.78 is 0. The van der Waals surface area contributed by atoms with E-state index < -0.39 is 0 Å². The molecule has 1 heteroatoms. The molecule has 12 heavy (non-hydrogen) atoms. The van der Waals surface area contributed by atoms with E-state index in [1.807, 2.05) is 24.3 Å². The molecule has 0 aromatic heterocycles. The third kappa shape index (κ3) is 2.15. The van der Waals surface area contributed by atoms with Gasteiger partial charge >= 0.3 is 19.5 Å². The van der Waals surface area contributed by atoms with Gasteiger partial charge in [0.1, 0.15) is 0 Å². The quantitative estimate of drug-likeness (QED) is 0.460. The number of hydrogen-bond acceptors (Lipinski definition) is 0. The molecule has 0 saturated heterocycles. The molecule has 2 rings (SSSR count). The molecule has 0 saturated carbocycles. The molecular formula is C11H10Zn. The standard InChI is InChI=1S/C10H7.CH3.Zn/c1-2-6-10-8-4-3-7-9(10)5-1;;/h1-7H;1H3;/q2*-1;+2. The third-order valence-electron chi connectivity index (χ3n) is 1.57. The molecule has 0 bridgehead atoms. The summed E-state index contributed by atoms with van der Waals surface area (Å²) in [6.07, 6.45) is 0. The molecule has 0 aliphatic rings. The molecule has 2 aromatic rings. The third-order valence-corrected chi connectivity index (χ3v) is 1.57. The molecule has 0 fully saturated rings. The maximum absolute atomic E-state index is 3.15. The minimum Gasteiger partial charge on any atom is -0.358 e. The van der Waals surface area contributed by atoms with Gasteiger partial charge in [-0.25, -0.2) is 0 Å². The summed E-state index contributed by atoms with van der Waals surface area (Å²) in [7, 11) is 0. The van der Waals surface area contributed by atoms with Crippen molar-refractivity contribution in [1.29, 1.82) is 0 Å². The van der Waals surface area contributed by atoms with Crippen molar-refractivity contribution in [3.05, 3.63) is 56.0 Å². The molecule has 0 amide bonds. The van der Waals surface area contributed by atoms with E-state index in [2.05, 4.69) is 24.3 Å². The van der Waals surface area contributed by atoms with Crippen LogP contribution < -0.4 is 0 Å². The van der Waals surface area contributed by atoms with Crippen LogP contribution >= 0.6 is 0 Å².